The summed E-state index contributed by atoms with van der Waals surface area (Å²) in [7, 11) is 0. The molecule has 3 rings (SSSR count). The number of benzene rings is 1. The molecule has 1 aromatic rings. The van der Waals surface area contributed by atoms with Crippen molar-refractivity contribution in [3.63, 3.8) is 0 Å². The lowest BCUT2D eigenvalue weighted by molar-refractivity contribution is -0.511. The number of nitrogens with zero attached hydrogens (tertiary/aromatic N) is 3. The van der Waals surface area contributed by atoms with Gasteiger partial charge in [0.05, 0.1) is 11.1 Å². The first-order valence-electron chi connectivity index (χ1n) is 5.71. The number of imide groups is 1. The van der Waals surface area contributed by atoms with Crippen LogP contribution in [0, 0.1) is 10.1 Å². The molecule has 0 bridgehead atoms. The summed E-state index contributed by atoms with van der Waals surface area (Å²) in [6.45, 7) is 0. The molecule has 2 heterocycles. The van der Waals surface area contributed by atoms with E-state index >= 15 is 0 Å². The van der Waals surface area contributed by atoms with Gasteiger partial charge in [0.2, 0.25) is 6.04 Å². The Morgan fingerprint density at radius 3 is 1.90 bits per heavy atom. The molecule has 0 saturated carbocycles. The zero-order valence-corrected chi connectivity index (χ0v) is 10.1. The van der Waals surface area contributed by atoms with Crippen molar-refractivity contribution in [1.82, 2.24) is 10.0 Å². The van der Waals surface area contributed by atoms with Crippen LogP contribution in [0.15, 0.2) is 24.3 Å². The van der Waals surface area contributed by atoms with E-state index in [-0.39, 0.29) is 21.1 Å². The van der Waals surface area contributed by atoms with Gasteiger partial charge in [-0.25, -0.2) is 0 Å². The molecule has 0 aliphatic carbocycles. The van der Waals surface area contributed by atoms with Crippen LogP contribution in [0.1, 0.15) is 20.7 Å². The summed E-state index contributed by atoms with van der Waals surface area (Å²) in [6, 6.07) is 2.98. The lowest BCUT2D eigenvalue weighted by atomic mass is 10.1. The molecule has 0 N–H and O–H groups in total. The number of rotatable bonds is 2. The Balaban J connectivity index is 1.98. The quantitative estimate of drug-likeness (QED) is 0.353. The second-order valence-electron chi connectivity index (χ2n) is 4.53. The molecule has 3 atom stereocenters. The van der Waals surface area contributed by atoms with Gasteiger partial charge < -0.3 is 0 Å². The van der Waals surface area contributed by atoms with E-state index < -0.39 is 35.1 Å². The molecule has 10 heteroatoms. The van der Waals surface area contributed by atoms with Crippen molar-refractivity contribution in [2.24, 2.45) is 0 Å². The normalized spacial score (nSPS) is 27.8. The highest BCUT2D eigenvalue weighted by Gasteiger charge is 2.76. The average Bonchev–Trinajstić information content (AvgIpc) is 3.09. The van der Waals surface area contributed by atoms with Crippen molar-refractivity contribution in [3.8, 4) is 0 Å². The van der Waals surface area contributed by atoms with Crippen LogP contribution < -0.4 is 0 Å². The van der Waals surface area contributed by atoms with Crippen LogP contribution in [0.25, 0.3) is 0 Å². The molecule has 1 saturated heterocycles. The maximum atomic E-state index is 12.7. The predicted octanol–water partition coefficient (Wildman–Crippen LogP) is 1.05. The highest BCUT2D eigenvalue weighted by Crippen LogP contribution is 2.44. The Hall–Kier alpha value is -2.49. The zero-order chi connectivity index (χ0) is 15.5. The van der Waals surface area contributed by atoms with Gasteiger partial charge >= 0.3 is 12.3 Å². The highest BCUT2D eigenvalue weighted by atomic mass is 19.4. The van der Waals surface area contributed by atoms with Gasteiger partial charge in [0.1, 0.15) is 0 Å². The maximum absolute atomic E-state index is 12.7. The number of nitro groups is 1. The van der Waals surface area contributed by atoms with E-state index in [4.69, 9.17) is 0 Å². The van der Waals surface area contributed by atoms with Crippen LogP contribution in [0.5, 0.6) is 0 Å². The number of hydrazine groups is 1. The standard InChI is InChI=1S/C11H6F3N3O4/c12-11(13,14)7-8(17(20)21)15(7)16-9(18)5-3-1-2-4-6(5)10(16)19/h1-4,7-8H/t7-,8+,15?/m1/s1. The Morgan fingerprint density at radius 2 is 1.57 bits per heavy atom. The summed E-state index contributed by atoms with van der Waals surface area (Å²) in [5.74, 6) is -1.98. The zero-order valence-electron chi connectivity index (χ0n) is 10.1. The van der Waals surface area contributed by atoms with Gasteiger partial charge in [-0.05, 0) is 12.1 Å². The third-order valence-electron chi connectivity index (χ3n) is 3.30. The number of carbonyl (C=O) groups excluding carboxylic acids is 2. The van der Waals surface area contributed by atoms with Crippen molar-refractivity contribution in [2.75, 3.05) is 0 Å². The van der Waals surface area contributed by atoms with E-state index in [9.17, 15) is 32.9 Å². The van der Waals surface area contributed by atoms with E-state index in [0.29, 0.717) is 0 Å². The largest absolute Gasteiger partial charge is 0.414 e. The Bertz CT molecular complexity index is 640. The Morgan fingerprint density at radius 1 is 1.10 bits per heavy atom. The number of fused-ring (bicyclic) bond motifs is 1. The van der Waals surface area contributed by atoms with Crippen LogP contribution in [0.3, 0.4) is 0 Å². The SMILES string of the molecule is O=C1c2ccccc2C(=O)N1N1[C@@H]([N+](=O)[O-])[C@@H]1C(F)(F)F. The van der Waals surface area contributed by atoms with E-state index in [1.54, 1.807) is 0 Å². The third-order valence-corrected chi connectivity index (χ3v) is 3.30. The van der Waals surface area contributed by atoms with Gasteiger partial charge in [-0.3, -0.25) is 19.7 Å². The van der Waals surface area contributed by atoms with Gasteiger partial charge in [-0.2, -0.15) is 18.2 Å². The number of hydrogen-bond donors (Lipinski definition) is 0. The number of halogens is 3. The Labute approximate surface area is 114 Å². The molecule has 21 heavy (non-hydrogen) atoms. The molecular formula is C11H6F3N3O4. The van der Waals surface area contributed by atoms with Crippen LogP contribution in [0.2, 0.25) is 0 Å². The molecule has 7 nitrogen and oxygen atoms in total. The summed E-state index contributed by atoms with van der Waals surface area (Å²) in [4.78, 5) is 33.5. The number of alkyl halides is 3. The van der Waals surface area contributed by atoms with Crippen LogP contribution in [-0.2, 0) is 0 Å². The summed E-state index contributed by atoms with van der Waals surface area (Å²) in [5.41, 5.74) is -0.144. The monoisotopic (exact) mass is 301 g/mol. The van der Waals surface area contributed by atoms with Crippen LogP contribution in [0.4, 0.5) is 13.2 Å². The summed E-state index contributed by atoms with van der Waals surface area (Å²) >= 11 is 0. The molecule has 0 aromatic heterocycles. The first-order chi connectivity index (χ1) is 9.75. The van der Waals surface area contributed by atoms with Crippen molar-refractivity contribution >= 4 is 11.8 Å². The van der Waals surface area contributed by atoms with Gasteiger partial charge in [-0.1, -0.05) is 12.1 Å². The number of hydrogen-bond acceptors (Lipinski definition) is 5. The molecule has 2 amide bonds. The minimum atomic E-state index is -4.91. The lowest BCUT2D eigenvalue weighted by Crippen LogP contribution is -2.39. The fraction of sp³-hybridized carbons (Fsp3) is 0.273. The topological polar surface area (TPSA) is 83.5 Å². The van der Waals surface area contributed by atoms with Gasteiger partial charge in [-0.15, -0.1) is 5.01 Å². The van der Waals surface area contributed by atoms with E-state index in [2.05, 4.69) is 0 Å². The smallest absolute Gasteiger partial charge is 0.267 e. The van der Waals surface area contributed by atoms with Crippen LogP contribution in [-0.4, -0.2) is 45.1 Å². The predicted molar refractivity (Wildman–Crippen MR) is 59.4 cm³/mol. The fourth-order valence-corrected chi connectivity index (χ4v) is 2.37. The first-order valence-corrected chi connectivity index (χ1v) is 5.71. The third kappa shape index (κ3) is 1.79. The molecule has 1 aromatic carbocycles. The van der Waals surface area contributed by atoms with E-state index in [1.807, 2.05) is 0 Å². The molecule has 0 radical (unpaired) electrons. The highest BCUT2D eigenvalue weighted by molar-refractivity contribution is 6.21. The molecule has 2 aliphatic rings. The molecular weight excluding hydrogens is 295 g/mol. The van der Waals surface area contributed by atoms with Crippen molar-refractivity contribution in [1.29, 1.82) is 0 Å². The molecule has 2 aliphatic heterocycles. The summed E-state index contributed by atoms with van der Waals surface area (Å²) < 4.78 is 38.2. The first kappa shape index (κ1) is 13.5. The van der Waals surface area contributed by atoms with Crippen LogP contribution >= 0.6 is 0 Å². The van der Waals surface area contributed by atoms with Gasteiger partial charge in [0, 0.05) is 4.92 Å². The Kier molecular flexibility index (Phi) is 2.57. The fourth-order valence-electron chi connectivity index (χ4n) is 2.37. The minimum Gasteiger partial charge on any atom is -0.267 e. The minimum absolute atomic E-state index is 0.0718. The van der Waals surface area contributed by atoms with E-state index in [0.717, 1.165) is 0 Å². The molecule has 0 spiro atoms. The molecule has 1 unspecified atom stereocenters. The number of amides is 2. The van der Waals surface area contributed by atoms with Gasteiger partial charge in [0.15, 0.2) is 0 Å². The lowest BCUT2D eigenvalue weighted by Gasteiger charge is -2.14. The van der Waals surface area contributed by atoms with Crippen molar-refractivity contribution < 1.29 is 27.7 Å². The summed E-state index contributed by atoms with van der Waals surface area (Å²) in [5, 5.41) is 11.0. The second-order valence-corrected chi connectivity index (χ2v) is 4.53. The van der Waals surface area contributed by atoms with Crippen molar-refractivity contribution in [3.05, 3.63) is 45.5 Å². The number of carbonyl (C=O) groups is 2. The molecule has 110 valence electrons. The second kappa shape index (κ2) is 4.01. The van der Waals surface area contributed by atoms with Gasteiger partial charge in [0.25, 0.3) is 11.8 Å². The average molecular weight is 301 g/mol. The van der Waals surface area contributed by atoms with Crippen molar-refractivity contribution in [2.45, 2.75) is 18.4 Å². The van der Waals surface area contributed by atoms with E-state index in [1.165, 1.54) is 24.3 Å². The summed E-state index contributed by atoms with van der Waals surface area (Å²) in [6.07, 6.45) is -7.07. The maximum Gasteiger partial charge on any atom is 0.414 e. The molecule has 1 fully saturated rings.